The molecule has 0 heterocycles. The van der Waals surface area contributed by atoms with Crippen molar-refractivity contribution in [1.82, 2.24) is 0 Å². The molecule has 0 aliphatic heterocycles. The molecule has 0 unspecified atom stereocenters. The van der Waals surface area contributed by atoms with Gasteiger partial charge < -0.3 is 9.47 Å². The molecule has 0 radical (unpaired) electrons. The molecule has 0 bridgehead atoms. The molecule has 0 N–H and O–H groups in total. The van der Waals surface area contributed by atoms with E-state index in [4.69, 9.17) is 4.74 Å². The van der Waals surface area contributed by atoms with Crippen LogP contribution >= 0.6 is 0 Å². The van der Waals surface area contributed by atoms with E-state index in [-0.39, 0.29) is 23.3 Å². The van der Waals surface area contributed by atoms with Gasteiger partial charge in [-0.2, -0.15) is 0 Å². The molecule has 0 amide bonds. The number of rotatable bonds is 13. The van der Waals surface area contributed by atoms with Crippen LogP contribution in [0.2, 0.25) is 0 Å². The lowest BCUT2D eigenvalue weighted by Gasteiger charge is -2.10. The number of carbonyl (C=O) groups excluding carboxylic acids is 4. The van der Waals surface area contributed by atoms with Crippen molar-refractivity contribution >= 4 is 23.9 Å². The van der Waals surface area contributed by atoms with Gasteiger partial charge in [-0.15, -0.1) is 0 Å². The van der Waals surface area contributed by atoms with Gasteiger partial charge in [-0.05, 0) is 24.6 Å². The van der Waals surface area contributed by atoms with Crippen LogP contribution < -0.4 is 0 Å². The van der Waals surface area contributed by atoms with Crippen molar-refractivity contribution in [3.05, 3.63) is 47.5 Å². The first-order chi connectivity index (χ1) is 14.9. The predicted octanol–water partition coefficient (Wildman–Crippen LogP) is 4.57. The molecule has 170 valence electrons. The van der Waals surface area contributed by atoms with Gasteiger partial charge in [0.05, 0.1) is 30.4 Å². The number of carbonyl (C=O) groups is 4. The average molecular weight is 434 g/mol. The van der Waals surface area contributed by atoms with Gasteiger partial charge in [-0.1, -0.05) is 58.4 Å². The normalized spacial score (nSPS) is 10.1. The van der Waals surface area contributed by atoms with Gasteiger partial charge in [0.2, 0.25) is 0 Å². The first-order valence-electron chi connectivity index (χ1n) is 10.4. The van der Waals surface area contributed by atoms with Crippen LogP contribution in [0.5, 0.6) is 0 Å². The maximum absolute atomic E-state index is 12.5. The van der Waals surface area contributed by atoms with E-state index in [2.05, 4.69) is 28.0 Å². The Kier molecular flexibility index (Phi) is 12.3. The van der Waals surface area contributed by atoms with Gasteiger partial charge in [0, 0.05) is 6.08 Å². The minimum absolute atomic E-state index is 0.0527. The van der Waals surface area contributed by atoms with E-state index < -0.39 is 23.9 Å². The van der Waals surface area contributed by atoms with Crippen molar-refractivity contribution in [3.8, 4) is 0 Å². The maximum atomic E-state index is 12.5. The molecule has 1 aromatic rings. The summed E-state index contributed by atoms with van der Waals surface area (Å²) >= 11 is 0. The van der Waals surface area contributed by atoms with Gasteiger partial charge in [-0.25, -0.2) is 29.0 Å². The topological polar surface area (TPSA) is 105 Å². The summed E-state index contributed by atoms with van der Waals surface area (Å²) < 4.78 is 9.94. The molecule has 0 saturated heterocycles. The summed E-state index contributed by atoms with van der Waals surface area (Å²) in [6, 6.07) is 3.61. The summed E-state index contributed by atoms with van der Waals surface area (Å²) in [4.78, 5) is 56.1. The van der Waals surface area contributed by atoms with Gasteiger partial charge in [0.1, 0.15) is 0 Å². The van der Waals surface area contributed by atoms with E-state index in [1.165, 1.54) is 44.9 Å². The molecule has 1 aromatic carbocycles. The van der Waals surface area contributed by atoms with Crippen LogP contribution in [-0.2, 0) is 24.0 Å². The highest BCUT2D eigenvalue weighted by Crippen LogP contribution is 2.17. The molecule has 0 aliphatic carbocycles. The van der Waals surface area contributed by atoms with E-state index in [0.717, 1.165) is 31.4 Å². The van der Waals surface area contributed by atoms with Crippen LogP contribution in [0.3, 0.4) is 0 Å². The Labute approximate surface area is 182 Å². The molecule has 8 heteroatoms. The smallest absolute Gasteiger partial charge is 0.386 e. The third-order valence-corrected chi connectivity index (χ3v) is 4.48. The van der Waals surface area contributed by atoms with Gasteiger partial charge in [-0.3, -0.25) is 0 Å². The van der Waals surface area contributed by atoms with Crippen molar-refractivity contribution < 1.29 is 38.4 Å². The van der Waals surface area contributed by atoms with Crippen molar-refractivity contribution in [3.63, 3.8) is 0 Å². The van der Waals surface area contributed by atoms with Crippen molar-refractivity contribution in [2.75, 3.05) is 13.7 Å². The molecule has 0 saturated carbocycles. The van der Waals surface area contributed by atoms with Crippen LogP contribution in [0, 0.1) is 0 Å². The third kappa shape index (κ3) is 9.46. The number of esters is 2. The summed E-state index contributed by atoms with van der Waals surface area (Å²) in [5, 5.41) is 0. The Bertz CT molecular complexity index is 769. The zero-order valence-corrected chi connectivity index (χ0v) is 18.1. The Hall–Kier alpha value is -3.16. The van der Waals surface area contributed by atoms with E-state index in [9.17, 15) is 19.2 Å². The monoisotopic (exact) mass is 434 g/mol. The Morgan fingerprint density at radius 2 is 1.48 bits per heavy atom. The van der Waals surface area contributed by atoms with Crippen LogP contribution in [0.1, 0.15) is 89.4 Å². The lowest BCUT2D eigenvalue weighted by molar-refractivity contribution is -0.228. The van der Waals surface area contributed by atoms with Crippen LogP contribution in [-0.4, -0.2) is 37.6 Å². The quantitative estimate of drug-likeness (QED) is 0.146. The van der Waals surface area contributed by atoms with Crippen LogP contribution in [0.15, 0.2) is 30.9 Å². The number of methoxy groups -OCH3 is 1. The van der Waals surface area contributed by atoms with Crippen molar-refractivity contribution in [2.45, 2.75) is 58.3 Å². The van der Waals surface area contributed by atoms with Crippen LogP contribution in [0.4, 0.5) is 0 Å². The number of hydrogen-bond donors (Lipinski definition) is 0. The summed E-state index contributed by atoms with van der Waals surface area (Å²) in [6.07, 6.45) is 9.60. The third-order valence-electron chi connectivity index (χ3n) is 4.48. The first kappa shape index (κ1) is 25.9. The molecule has 0 spiro atoms. The number of ether oxygens (including phenoxy) is 2. The Morgan fingerprint density at radius 1 is 0.839 bits per heavy atom. The highest BCUT2D eigenvalue weighted by Gasteiger charge is 2.22. The van der Waals surface area contributed by atoms with Gasteiger partial charge in [0.25, 0.3) is 0 Å². The second kappa shape index (κ2) is 14.8. The first-order valence-corrected chi connectivity index (χ1v) is 10.4. The highest BCUT2D eigenvalue weighted by atomic mass is 17.2. The molecule has 8 nitrogen and oxygen atoms in total. The second-order valence-electron chi connectivity index (χ2n) is 6.84. The summed E-state index contributed by atoms with van der Waals surface area (Å²) in [6.45, 7) is 5.55. The zero-order valence-electron chi connectivity index (χ0n) is 18.1. The fourth-order valence-corrected chi connectivity index (χ4v) is 2.77. The highest BCUT2D eigenvalue weighted by molar-refractivity contribution is 6.05. The Balaban J connectivity index is 2.68. The van der Waals surface area contributed by atoms with Crippen molar-refractivity contribution in [2.24, 2.45) is 0 Å². The maximum Gasteiger partial charge on any atom is 0.386 e. The summed E-state index contributed by atoms with van der Waals surface area (Å²) in [7, 11) is 1.18. The molecule has 31 heavy (non-hydrogen) atoms. The molecule has 0 atom stereocenters. The number of benzene rings is 1. The average Bonchev–Trinajstić information content (AvgIpc) is 2.80. The van der Waals surface area contributed by atoms with E-state index in [1.807, 2.05) is 0 Å². The molecule has 0 aromatic heterocycles. The Morgan fingerprint density at radius 3 is 2.10 bits per heavy atom. The SMILES string of the molecule is C=CC(=O)OOC(=O)c1ccc(C(=O)OC)c(C(=O)OCCCCCCCCCC)c1. The minimum atomic E-state index is -1.02. The number of unbranched alkanes of at least 4 members (excludes halogenated alkanes) is 7. The van der Waals surface area contributed by atoms with Crippen molar-refractivity contribution in [1.29, 1.82) is 0 Å². The molecule has 1 rings (SSSR count). The minimum Gasteiger partial charge on any atom is -0.465 e. The largest absolute Gasteiger partial charge is 0.465 e. The number of hydrogen-bond acceptors (Lipinski definition) is 8. The standard InChI is InChI=1S/C23H30O8/c1-4-6-7-8-9-10-11-12-15-29-23(27)19-16-17(13-14-18(19)22(26)28-3)21(25)31-30-20(24)5-2/h5,13-14,16H,2,4,6-12,15H2,1,3H3. The lowest BCUT2D eigenvalue weighted by atomic mass is 10.0. The fourth-order valence-electron chi connectivity index (χ4n) is 2.77. The molecular weight excluding hydrogens is 404 g/mol. The lowest BCUT2D eigenvalue weighted by Crippen LogP contribution is -2.16. The molecular formula is C23H30O8. The zero-order chi connectivity index (χ0) is 23.1. The second-order valence-corrected chi connectivity index (χ2v) is 6.84. The fraction of sp³-hybridized carbons (Fsp3) is 0.478. The van der Waals surface area contributed by atoms with E-state index in [1.54, 1.807) is 0 Å². The van der Waals surface area contributed by atoms with Gasteiger partial charge in [0.15, 0.2) is 0 Å². The molecule has 0 aliphatic rings. The molecule has 0 fully saturated rings. The van der Waals surface area contributed by atoms with Gasteiger partial charge >= 0.3 is 23.9 Å². The summed E-state index contributed by atoms with van der Waals surface area (Å²) in [5.41, 5.74) is -0.303. The van der Waals surface area contributed by atoms with E-state index >= 15 is 0 Å². The summed E-state index contributed by atoms with van der Waals surface area (Å²) in [5.74, 6) is -3.49. The van der Waals surface area contributed by atoms with E-state index in [0.29, 0.717) is 6.42 Å². The predicted molar refractivity (Wildman–Crippen MR) is 112 cm³/mol. The van der Waals surface area contributed by atoms with Crippen LogP contribution in [0.25, 0.3) is 0 Å².